The molecule has 6 heteroatoms. The summed E-state index contributed by atoms with van der Waals surface area (Å²) < 4.78 is 26.6. The molecule has 0 unspecified atom stereocenters. The molecule has 0 aliphatic carbocycles. The molecule has 0 aromatic heterocycles. The highest BCUT2D eigenvalue weighted by atomic mass is 79.9. The summed E-state index contributed by atoms with van der Waals surface area (Å²) in [6.07, 6.45) is 0.634. The van der Waals surface area contributed by atoms with Crippen molar-refractivity contribution in [3.05, 3.63) is 34.3 Å². The van der Waals surface area contributed by atoms with Crippen molar-refractivity contribution in [2.75, 3.05) is 13.1 Å². The molecule has 2 N–H and O–H groups in total. The van der Waals surface area contributed by atoms with Crippen molar-refractivity contribution < 1.29 is 8.42 Å². The van der Waals surface area contributed by atoms with Crippen molar-refractivity contribution >= 4 is 26.0 Å². The molecule has 1 aromatic rings. The van der Waals surface area contributed by atoms with Crippen LogP contribution in [0.4, 0.5) is 0 Å². The zero-order chi connectivity index (χ0) is 12.5. The van der Waals surface area contributed by atoms with Gasteiger partial charge in [0.25, 0.3) is 0 Å². The van der Waals surface area contributed by atoms with E-state index in [1.54, 1.807) is 0 Å². The number of rotatable bonds is 3. The van der Waals surface area contributed by atoms with Crippen molar-refractivity contribution in [3.8, 4) is 0 Å². The van der Waals surface area contributed by atoms with Gasteiger partial charge in [-0.3, -0.25) is 0 Å². The minimum absolute atomic E-state index is 0.208. The summed E-state index contributed by atoms with van der Waals surface area (Å²) in [4.78, 5) is 0. The van der Waals surface area contributed by atoms with Crippen LogP contribution in [0, 0.1) is 0 Å². The van der Waals surface area contributed by atoms with Gasteiger partial charge >= 0.3 is 0 Å². The van der Waals surface area contributed by atoms with Crippen LogP contribution in [0.5, 0.6) is 0 Å². The maximum Gasteiger partial charge on any atom is 0.218 e. The summed E-state index contributed by atoms with van der Waals surface area (Å²) in [7, 11) is -3.19. The third-order valence-corrected chi connectivity index (χ3v) is 5.85. The van der Waals surface area contributed by atoms with Crippen molar-refractivity contribution in [2.24, 2.45) is 5.73 Å². The smallest absolute Gasteiger partial charge is 0.218 e. The number of nitrogens with two attached hydrogens (primary N) is 1. The van der Waals surface area contributed by atoms with Gasteiger partial charge in [-0.25, -0.2) is 8.42 Å². The van der Waals surface area contributed by atoms with E-state index in [1.807, 2.05) is 24.3 Å². The second kappa shape index (κ2) is 5.06. The third-order valence-electron chi connectivity index (χ3n) is 3.02. The lowest BCUT2D eigenvalue weighted by Gasteiger charge is -2.16. The van der Waals surface area contributed by atoms with Crippen molar-refractivity contribution in [1.82, 2.24) is 4.31 Å². The van der Waals surface area contributed by atoms with E-state index >= 15 is 0 Å². The van der Waals surface area contributed by atoms with Gasteiger partial charge in [0.1, 0.15) is 0 Å². The quantitative estimate of drug-likeness (QED) is 0.914. The summed E-state index contributed by atoms with van der Waals surface area (Å²) in [5.41, 5.74) is 6.47. The van der Waals surface area contributed by atoms with Crippen LogP contribution in [0.2, 0.25) is 0 Å². The van der Waals surface area contributed by atoms with E-state index in [4.69, 9.17) is 5.73 Å². The second-order valence-electron chi connectivity index (χ2n) is 4.15. The number of halogens is 1. The van der Waals surface area contributed by atoms with Crippen LogP contribution < -0.4 is 5.73 Å². The monoisotopic (exact) mass is 318 g/mol. The minimum atomic E-state index is -3.19. The molecule has 0 radical (unpaired) electrons. The van der Waals surface area contributed by atoms with E-state index < -0.39 is 15.3 Å². The largest absolute Gasteiger partial charge is 0.329 e. The second-order valence-corrected chi connectivity index (χ2v) is 7.28. The van der Waals surface area contributed by atoms with Gasteiger partial charge in [-0.2, -0.15) is 4.31 Å². The van der Waals surface area contributed by atoms with E-state index in [2.05, 4.69) is 15.9 Å². The van der Waals surface area contributed by atoms with Gasteiger partial charge in [-0.1, -0.05) is 28.1 Å². The van der Waals surface area contributed by atoms with Crippen LogP contribution in [0.1, 0.15) is 12.0 Å². The van der Waals surface area contributed by atoms with Gasteiger partial charge in [-0.05, 0) is 24.1 Å². The Balaban J connectivity index is 2.13. The fourth-order valence-electron chi connectivity index (χ4n) is 1.98. The molecule has 2 rings (SSSR count). The molecule has 1 aromatic carbocycles. The molecule has 1 saturated heterocycles. The van der Waals surface area contributed by atoms with Crippen LogP contribution >= 0.6 is 15.9 Å². The van der Waals surface area contributed by atoms with E-state index in [9.17, 15) is 8.42 Å². The SMILES string of the molecule is NC[C@@H]1CCN(Cc2ccc(Br)cc2)S1(=O)=O. The lowest BCUT2D eigenvalue weighted by Crippen LogP contribution is -2.32. The Kier molecular flexibility index (Phi) is 3.87. The Morgan fingerprint density at radius 1 is 1.35 bits per heavy atom. The molecule has 1 atom stereocenters. The van der Waals surface area contributed by atoms with Crippen molar-refractivity contribution in [2.45, 2.75) is 18.2 Å². The maximum absolute atomic E-state index is 12.0. The van der Waals surface area contributed by atoms with Crippen molar-refractivity contribution in [3.63, 3.8) is 0 Å². The Labute approximate surface area is 110 Å². The van der Waals surface area contributed by atoms with Crippen LogP contribution in [0.15, 0.2) is 28.7 Å². The van der Waals surface area contributed by atoms with Gasteiger partial charge in [0.2, 0.25) is 10.0 Å². The predicted octanol–water partition coefficient (Wildman–Crippen LogP) is 1.31. The molecular formula is C11H15BrN2O2S. The molecule has 0 amide bonds. The standard InChI is InChI=1S/C11H15BrN2O2S/c12-10-3-1-9(2-4-10)8-14-6-5-11(7-13)17(14,15)16/h1-4,11H,5-8,13H2/t11-/m0/s1. The van der Waals surface area contributed by atoms with E-state index in [1.165, 1.54) is 4.31 Å². The average Bonchev–Trinajstić information content (AvgIpc) is 2.57. The first-order chi connectivity index (χ1) is 8.04. The zero-order valence-electron chi connectivity index (χ0n) is 9.34. The molecule has 4 nitrogen and oxygen atoms in total. The third kappa shape index (κ3) is 2.70. The number of hydrogen-bond donors (Lipinski definition) is 1. The van der Waals surface area contributed by atoms with Crippen LogP contribution in [-0.2, 0) is 16.6 Å². The molecule has 1 aliphatic rings. The molecule has 94 valence electrons. The van der Waals surface area contributed by atoms with E-state index in [0.717, 1.165) is 10.0 Å². The van der Waals surface area contributed by atoms with Crippen LogP contribution in [0.25, 0.3) is 0 Å². The Morgan fingerprint density at radius 3 is 2.53 bits per heavy atom. The molecule has 0 bridgehead atoms. The Bertz CT molecular complexity index is 487. The first-order valence-electron chi connectivity index (χ1n) is 5.47. The number of sulfonamides is 1. The molecule has 1 aliphatic heterocycles. The number of benzene rings is 1. The van der Waals surface area contributed by atoms with Crippen molar-refractivity contribution in [1.29, 1.82) is 0 Å². The summed E-state index contributed by atoms with van der Waals surface area (Å²) in [6, 6.07) is 7.68. The average molecular weight is 319 g/mol. The lowest BCUT2D eigenvalue weighted by atomic mass is 10.2. The summed E-state index contributed by atoms with van der Waals surface area (Å²) in [5, 5.41) is -0.405. The summed E-state index contributed by atoms with van der Waals surface area (Å²) >= 11 is 3.35. The first-order valence-corrected chi connectivity index (χ1v) is 7.77. The topological polar surface area (TPSA) is 63.4 Å². The van der Waals surface area contributed by atoms with Gasteiger partial charge in [0.15, 0.2) is 0 Å². The first kappa shape index (κ1) is 13.0. The van der Waals surface area contributed by atoms with Gasteiger partial charge in [0, 0.05) is 24.1 Å². The number of nitrogens with zero attached hydrogens (tertiary/aromatic N) is 1. The molecule has 0 saturated carbocycles. The molecule has 1 heterocycles. The Hall–Kier alpha value is -0.430. The molecule has 17 heavy (non-hydrogen) atoms. The lowest BCUT2D eigenvalue weighted by molar-refractivity contribution is 0.439. The minimum Gasteiger partial charge on any atom is -0.329 e. The summed E-state index contributed by atoms with van der Waals surface area (Å²) in [6.45, 7) is 1.21. The normalized spacial score (nSPS) is 24.0. The van der Waals surface area contributed by atoms with Gasteiger partial charge in [0.05, 0.1) is 5.25 Å². The van der Waals surface area contributed by atoms with E-state index in [0.29, 0.717) is 19.5 Å². The van der Waals surface area contributed by atoms with E-state index in [-0.39, 0.29) is 6.54 Å². The summed E-state index contributed by atoms with van der Waals surface area (Å²) in [5.74, 6) is 0. The highest BCUT2D eigenvalue weighted by Gasteiger charge is 2.37. The van der Waals surface area contributed by atoms with Gasteiger partial charge < -0.3 is 5.73 Å². The highest BCUT2D eigenvalue weighted by molar-refractivity contribution is 9.10. The number of hydrogen-bond acceptors (Lipinski definition) is 3. The molecular weight excluding hydrogens is 304 g/mol. The van der Waals surface area contributed by atoms with Crippen LogP contribution in [0.3, 0.4) is 0 Å². The fraction of sp³-hybridized carbons (Fsp3) is 0.455. The fourth-order valence-corrected chi connectivity index (χ4v) is 4.00. The highest BCUT2D eigenvalue weighted by Crippen LogP contribution is 2.23. The maximum atomic E-state index is 12.0. The molecule has 0 spiro atoms. The van der Waals surface area contributed by atoms with Crippen LogP contribution in [-0.4, -0.2) is 31.1 Å². The predicted molar refractivity (Wildman–Crippen MR) is 70.9 cm³/mol. The Morgan fingerprint density at radius 2 is 2.00 bits per heavy atom. The molecule has 1 fully saturated rings. The zero-order valence-corrected chi connectivity index (χ0v) is 11.7. The van der Waals surface area contributed by atoms with Gasteiger partial charge in [-0.15, -0.1) is 0 Å².